The van der Waals surface area contributed by atoms with Crippen LogP contribution in [0.3, 0.4) is 0 Å². The van der Waals surface area contributed by atoms with Crippen molar-refractivity contribution < 1.29 is 9.18 Å². The summed E-state index contributed by atoms with van der Waals surface area (Å²) < 4.78 is 14.8. The lowest BCUT2D eigenvalue weighted by molar-refractivity contribution is -0.121. The maximum absolute atomic E-state index is 13.2. The first-order valence-corrected chi connectivity index (χ1v) is 8.36. The van der Waals surface area contributed by atoms with E-state index in [2.05, 4.69) is 31.5 Å². The molecule has 0 unspecified atom stereocenters. The van der Waals surface area contributed by atoms with E-state index in [0.29, 0.717) is 38.1 Å². The molecule has 3 rings (SSSR count). The van der Waals surface area contributed by atoms with Crippen LogP contribution in [0.25, 0.3) is 0 Å². The lowest BCUT2D eigenvalue weighted by Crippen LogP contribution is -2.25. The van der Waals surface area contributed by atoms with Crippen molar-refractivity contribution in [3.8, 4) is 12.3 Å². The molecule has 0 aliphatic carbocycles. The Morgan fingerprint density at radius 2 is 2.19 bits per heavy atom. The summed E-state index contributed by atoms with van der Waals surface area (Å²) in [6.07, 6.45) is 8.96. The molecule has 1 aromatic carbocycles. The van der Waals surface area contributed by atoms with Crippen LogP contribution in [-0.4, -0.2) is 26.3 Å². The minimum atomic E-state index is -0.450. The van der Waals surface area contributed by atoms with Gasteiger partial charge < -0.3 is 5.32 Å². The van der Waals surface area contributed by atoms with Crippen LogP contribution in [0.2, 0.25) is 0 Å². The molecule has 1 aliphatic rings. The first-order chi connectivity index (χ1) is 12.6. The van der Waals surface area contributed by atoms with Crippen LogP contribution in [0.4, 0.5) is 4.39 Å². The summed E-state index contributed by atoms with van der Waals surface area (Å²) in [6, 6.07) is 6.31. The van der Waals surface area contributed by atoms with Gasteiger partial charge in [-0.05, 0) is 17.7 Å². The molecular weight excluding hydrogens is 335 g/mol. The molecule has 0 radical (unpaired) electrons. The van der Waals surface area contributed by atoms with Gasteiger partial charge in [-0.2, -0.15) is 15.3 Å². The number of amides is 1. The van der Waals surface area contributed by atoms with E-state index in [4.69, 9.17) is 6.42 Å². The number of aromatic nitrogens is 3. The Hall–Kier alpha value is -3.08. The number of carbonyl (C=O) groups is 1. The van der Waals surface area contributed by atoms with E-state index in [9.17, 15) is 9.18 Å². The molecule has 134 valence electrons. The SMILES string of the molecule is C#CCCC1(CCC(=O)NCc2ncn(Cc3cccc(F)c3)n2)N=N1. The fourth-order valence-corrected chi connectivity index (χ4v) is 2.56. The first kappa shape index (κ1) is 17.7. The number of nitrogens with zero attached hydrogens (tertiary/aromatic N) is 5. The van der Waals surface area contributed by atoms with Crippen LogP contribution in [-0.2, 0) is 17.9 Å². The molecule has 1 aromatic heterocycles. The topological polar surface area (TPSA) is 84.5 Å². The second-order valence-electron chi connectivity index (χ2n) is 6.15. The molecule has 2 heterocycles. The molecule has 0 bridgehead atoms. The largest absolute Gasteiger partial charge is 0.349 e. The summed E-state index contributed by atoms with van der Waals surface area (Å²) >= 11 is 0. The highest BCUT2D eigenvalue weighted by atomic mass is 19.1. The fraction of sp³-hybridized carbons (Fsp3) is 0.389. The van der Waals surface area contributed by atoms with E-state index in [1.165, 1.54) is 12.1 Å². The third-order valence-corrected chi connectivity index (χ3v) is 4.07. The highest BCUT2D eigenvalue weighted by Gasteiger charge is 2.39. The summed E-state index contributed by atoms with van der Waals surface area (Å²) in [5, 5.41) is 15.1. The first-order valence-electron chi connectivity index (χ1n) is 8.36. The monoisotopic (exact) mass is 354 g/mol. The highest BCUT2D eigenvalue weighted by Crippen LogP contribution is 2.37. The average Bonchev–Trinajstić information content (AvgIpc) is 3.27. The van der Waals surface area contributed by atoms with Gasteiger partial charge >= 0.3 is 0 Å². The van der Waals surface area contributed by atoms with Crippen LogP contribution in [0, 0.1) is 18.2 Å². The molecule has 1 N–H and O–H groups in total. The second-order valence-corrected chi connectivity index (χ2v) is 6.15. The molecule has 0 saturated heterocycles. The number of benzene rings is 1. The van der Waals surface area contributed by atoms with Gasteiger partial charge in [-0.25, -0.2) is 14.1 Å². The average molecular weight is 354 g/mol. The molecule has 0 saturated carbocycles. The molecule has 0 fully saturated rings. The van der Waals surface area contributed by atoms with Crippen LogP contribution >= 0.6 is 0 Å². The Kier molecular flexibility index (Phi) is 5.37. The van der Waals surface area contributed by atoms with Crippen molar-refractivity contribution in [3.05, 3.63) is 47.8 Å². The Bertz CT molecular complexity index is 847. The normalized spacial score (nSPS) is 14.0. The maximum Gasteiger partial charge on any atom is 0.220 e. The van der Waals surface area contributed by atoms with Gasteiger partial charge in [0.05, 0.1) is 13.1 Å². The van der Waals surface area contributed by atoms with Gasteiger partial charge in [0.25, 0.3) is 0 Å². The summed E-state index contributed by atoms with van der Waals surface area (Å²) in [7, 11) is 0. The van der Waals surface area contributed by atoms with Crippen molar-refractivity contribution in [1.82, 2.24) is 20.1 Å². The van der Waals surface area contributed by atoms with E-state index >= 15 is 0 Å². The van der Waals surface area contributed by atoms with Crippen molar-refractivity contribution in [2.75, 3.05) is 0 Å². The Morgan fingerprint density at radius 3 is 2.92 bits per heavy atom. The van der Waals surface area contributed by atoms with E-state index in [-0.39, 0.29) is 18.3 Å². The zero-order valence-corrected chi connectivity index (χ0v) is 14.2. The van der Waals surface area contributed by atoms with Crippen molar-refractivity contribution in [1.29, 1.82) is 0 Å². The highest BCUT2D eigenvalue weighted by molar-refractivity contribution is 5.75. The molecule has 0 spiro atoms. The van der Waals surface area contributed by atoms with Gasteiger partial charge in [-0.1, -0.05) is 12.1 Å². The number of nitrogens with one attached hydrogen (secondary N) is 1. The molecule has 7 nitrogen and oxygen atoms in total. The van der Waals surface area contributed by atoms with Gasteiger partial charge in [0.2, 0.25) is 5.91 Å². The third kappa shape index (κ3) is 4.96. The summed E-state index contributed by atoms with van der Waals surface area (Å²) in [5.74, 6) is 2.66. The Morgan fingerprint density at radius 1 is 1.35 bits per heavy atom. The predicted molar refractivity (Wildman–Crippen MR) is 92.3 cm³/mol. The summed E-state index contributed by atoms with van der Waals surface area (Å²) in [6.45, 7) is 0.653. The number of carbonyl (C=O) groups excluding carboxylic acids is 1. The smallest absolute Gasteiger partial charge is 0.220 e. The van der Waals surface area contributed by atoms with Crippen LogP contribution in [0.15, 0.2) is 40.8 Å². The molecule has 0 atom stereocenters. The Balaban J connectivity index is 1.42. The molecule has 8 heteroatoms. The zero-order chi connectivity index (χ0) is 18.4. The molecule has 1 aliphatic heterocycles. The second kappa shape index (κ2) is 7.87. The Labute approximate surface area is 150 Å². The number of hydrogen-bond acceptors (Lipinski definition) is 5. The number of rotatable bonds is 9. The van der Waals surface area contributed by atoms with Crippen LogP contribution in [0.5, 0.6) is 0 Å². The standard InChI is InChI=1S/C18H19FN6O/c1-2-3-8-18(23-24-18)9-7-17(26)20-11-16-21-13-25(22-16)12-14-5-4-6-15(19)10-14/h1,4-6,10,13H,3,7-9,11-12H2,(H,20,26). The fourth-order valence-electron chi connectivity index (χ4n) is 2.56. The number of hydrogen-bond donors (Lipinski definition) is 1. The van der Waals surface area contributed by atoms with Crippen molar-refractivity contribution >= 4 is 5.91 Å². The van der Waals surface area contributed by atoms with E-state index in [1.807, 2.05) is 6.07 Å². The summed E-state index contributed by atoms with van der Waals surface area (Å²) in [4.78, 5) is 16.1. The minimum absolute atomic E-state index is 0.108. The molecule has 1 amide bonds. The van der Waals surface area contributed by atoms with Crippen molar-refractivity contribution in [2.45, 2.75) is 44.4 Å². The summed E-state index contributed by atoms with van der Waals surface area (Å²) in [5.41, 5.74) is 0.341. The number of halogens is 1. The minimum Gasteiger partial charge on any atom is -0.349 e. The third-order valence-electron chi connectivity index (χ3n) is 4.07. The van der Waals surface area contributed by atoms with Gasteiger partial charge in [0.15, 0.2) is 11.5 Å². The lowest BCUT2D eigenvalue weighted by atomic mass is 10.0. The van der Waals surface area contributed by atoms with Crippen LogP contribution < -0.4 is 5.32 Å². The number of terminal acetylenes is 1. The van der Waals surface area contributed by atoms with E-state index in [0.717, 1.165) is 5.56 Å². The van der Waals surface area contributed by atoms with Crippen molar-refractivity contribution in [3.63, 3.8) is 0 Å². The van der Waals surface area contributed by atoms with Gasteiger partial charge in [0, 0.05) is 25.7 Å². The molecule has 2 aromatic rings. The van der Waals surface area contributed by atoms with Gasteiger partial charge in [0.1, 0.15) is 12.1 Å². The van der Waals surface area contributed by atoms with Crippen molar-refractivity contribution in [2.24, 2.45) is 10.2 Å². The predicted octanol–water partition coefficient (Wildman–Crippen LogP) is 2.44. The zero-order valence-electron chi connectivity index (χ0n) is 14.2. The van der Waals surface area contributed by atoms with Crippen LogP contribution in [0.1, 0.15) is 37.1 Å². The molecular formula is C18H19FN6O. The lowest BCUT2D eigenvalue weighted by Gasteiger charge is -2.08. The van der Waals surface area contributed by atoms with Gasteiger partial charge in [-0.15, -0.1) is 12.3 Å². The van der Waals surface area contributed by atoms with E-state index < -0.39 is 5.66 Å². The van der Waals surface area contributed by atoms with Gasteiger partial charge in [-0.3, -0.25) is 4.79 Å². The maximum atomic E-state index is 13.2. The van der Waals surface area contributed by atoms with E-state index in [1.54, 1.807) is 17.1 Å². The molecule has 26 heavy (non-hydrogen) atoms. The quantitative estimate of drug-likeness (QED) is 0.702.